The quantitative estimate of drug-likeness (QED) is 0.615. The van der Waals surface area contributed by atoms with Crippen molar-refractivity contribution in [3.63, 3.8) is 0 Å². The van der Waals surface area contributed by atoms with Crippen LogP contribution in [-0.2, 0) is 10.0 Å². The van der Waals surface area contributed by atoms with Crippen LogP contribution in [-0.4, -0.2) is 48.0 Å². The van der Waals surface area contributed by atoms with E-state index in [1.165, 1.54) is 6.07 Å². The summed E-state index contributed by atoms with van der Waals surface area (Å²) in [6.45, 7) is 3.14. The molecule has 8 heteroatoms. The number of fused-ring (bicyclic) bond motifs is 1. The van der Waals surface area contributed by atoms with Gasteiger partial charge in [0.2, 0.25) is 10.0 Å². The van der Waals surface area contributed by atoms with Crippen molar-refractivity contribution in [3.05, 3.63) is 60.2 Å². The van der Waals surface area contributed by atoms with Gasteiger partial charge < -0.3 is 10.0 Å². The summed E-state index contributed by atoms with van der Waals surface area (Å²) in [5, 5.41) is 16.6. The first-order valence-electron chi connectivity index (χ1n) is 10.7. The van der Waals surface area contributed by atoms with Gasteiger partial charge in [-0.2, -0.15) is 0 Å². The summed E-state index contributed by atoms with van der Waals surface area (Å²) in [4.78, 5) is 19.2. The van der Waals surface area contributed by atoms with Crippen molar-refractivity contribution in [1.29, 1.82) is 0 Å². The smallest absolute Gasteiger partial charge is 0.253 e. The number of carbonyl (C=O) groups excluding carboxylic acids is 1. The van der Waals surface area contributed by atoms with Crippen LogP contribution in [0.2, 0.25) is 0 Å². The van der Waals surface area contributed by atoms with Crippen LogP contribution >= 0.6 is 0 Å². The zero-order valence-corrected chi connectivity index (χ0v) is 18.8. The number of aromatic nitrogens is 1. The summed E-state index contributed by atoms with van der Waals surface area (Å²) in [6, 6.07) is 15.6. The number of carbonyl (C=O) groups is 1. The highest BCUT2D eigenvalue weighted by Crippen LogP contribution is 2.29. The Bertz CT molecular complexity index is 1250. The molecule has 0 bridgehead atoms. The number of para-hydroxylation sites is 1. The molecule has 1 aromatic heterocycles. The molecule has 2 heterocycles. The van der Waals surface area contributed by atoms with Crippen LogP contribution in [0.3, 0.4) is 0 Å². The van der Waals surface area contributed by atoms with Crippen molar-refractivity contribution < 1.29 is 18.3 Å². The topological polar surface area (TPSA) is 114 Å². The minimum Gasteiger partial charge on any atom is -0.390 e. The number of sulfonamides is 1. The molecule has 3 N–H and O–H groups in total. The lowest BCUT2D eigenvalue weighted by molar-refractivity contribution is -0.0233. The van der Waals surface area contributed by atoms with Crippen LogP contribution < -0.4 is 5.14 Å². The third-order valence-corrected chi connectivity index (χ3v) is 7.06. The highest BCUT2D eigenvalue weighted by atomic mass is 32.2. The fourth-order valence-electron chi connectivity index (χ4n) is 4.32. The van der Waals surface area contributed by atoms with E-state index in [2.05, 4.69) is 11.9 Å². The third-order valence-electron chi connectivity index (χ3n) is 6.11. The van der Waals surface area contributed by atoms with Gasteiger partial charge in [-0.25, -0.2) is 18.5 Å². The maximum Gasteiger partial charge on any atom is 0.253 e. The van der Waals surface area contributed by atoms with E-state index in [9.17, 15) is 18.3 Å². The molecular weight excluding hydrogens is 426 g/mol. The lowest BCUT2D eigenvalue weighted by Crippen LogP contribution is -2.46. The number of aliphatic hydroxyl groups is 1. The SMILES string of the molecule is CCCC1(O)CCN(C(=O)c2ccc(-c3ccc4cccc(S(N)(=O)=O)c4n3)cc2)CC1. The maximum absolute atomic E-state index is 12.9. The van der Waals surface area contributed by atoms with Gasteiger partial charge in [-0.15, -0.1) is 0 Å². The highest BCUT2D eigenvalue weighted by molar-refractivity contribution is 7.89. The van der Waals surface area contributed by atoms with Crippen LogP contribution in [0.5, 0.6) is 0 Å². The average Bonchev–Trinajstić information content (AvgIpc) is 2.78. The Morgan fingerprint density at radius 2 is 1.78 bits per heavy atom. The summed E-state index contributed by atoms with van der Waals surface area (Å²) in [6.07, 6.45) is 2.87. The van der Waals surface area contributed by atoms with E-state index in [-0.39, 0.29) is 10.8 Å². The number of hydrogen-bond acceptors (Lipinski definition) is 5. The second-order valence-electron chi connectivity index (χ2n) is 8.41. The number of pyridine rings is 1. The van der Waals surface area contributed by atoms with Gasteiger partial charge in [0.05, 0.1) is 16.8 Å². The van der Waals surface area contributed by atoms with Crippen molar-refractivity contribution >= 4 is 26.8 Å². The standard InChI is InChI=1S/C24H27N3O4S/c1-2-12-24(29)13-15-27(16-14-24)23(28)19-8-6-17(7-9-19)20-11-10-18-4-3-5-21(22(18)26-20)32(25,30)31/h3-11,29H,2,12-16H2,1H3,(H2,25,30,31). The molecule has 7 nitrogen and oxygen atoms in total. The van der Waals surface area contributed by atoms with Crippen molar-refractivity contribution in [2.24, 2.45) is 5.14 Å². The zero-order valence-electron chi connectivity index (χ0n) is 18.0. The van der Waals surface area contributed by atoms with E-state index >= 15 is 0 Å². The molecule has 1 saturated heterocycles. The van der Waals surface area contributed by atoms with Gasteiger partial charge in [-0.1, -0.05) is 43.7 Å². The molecule has 1 aliphatic rings. The minimum atomic E-state index is -3.90. The Labute approximate surface area is 187 Å². The average molecular weight is 454 g/mol. The molecule has 1 aliphatic heterocycles. The van der Waals surface area contributed by atoms with Gasteiger partial charge in [-0.05, 0) is 43.5 Å². The molecule has 4 rings (SSSR count). The number of primary sulfonamides is 1. The van der Waals surface area contributed by atoms with Gasteiger partial charge >= 0.3 is 0 Å². The molecule has 0 aliphatic carbocycles. The Morgan fingerprint density at radius 1 is 1.09 bits per heavy atom. The van der Waals surface area contributed by atoms with Crippen molar-refractivity contribution in [1.82, 2.24) is 9.88 Å². The van der Waals surface area contributed by atoms with Crippen LogP contribution in [0.1, 0.15) is 43.0 Å². The molecule has 1 fully saturated rings. The molecule has 0 saturated carbocycles. The highest BCUT2D eigenvalue weighted by Gasteiger charge is 2.33. The first kappa shape index (κ1) is 22.4. The fraction of sp³-hybridized carbons (Fsp3) is 0.333. The van der Waals surface area contributed by atoms with Gasteiger partial charge in [-0.3, -0.25) is 4.79 Å². The molecule has 3 aromatic rings. The summed E-state index contributed by atoms with van der Waals surface area (Å²) in [7, 11) is -3.90. The number of piperidine rings is 1. The van der Waals surface area contributed by atoms with Crippen molar-refractivity contribution in [2.45, 2.75) is 43.1 Å². The number of hydrogen-bond donors (Lipinski definition) is 2. The van der Waals surface area contributed by atoms with Crippen LogP contribution in [0.4, 0.5) is 0 Å². The Kier molecular flexibility index (Phi) is 6.03. The number of likely N-dealkylation sites (tertiary alicyclic amines) is 1. The predicted octanol–water partition coefficient (Wildman–Crippen LogP) is 3.32. The number of amides is 1. The van der Waals surface area contributed by atoms with Crippen LogP contribution in [0, 0.1) is 0 Å². The van der Waals surface area contributed by atoms with E-state index in [4.69, 9.17) is 5.14 Å². The Hall–Kier alpha value is -2.81. The molecular formula is C24H27N3O4S. The third kappa shape index (κ3) is 4.53. The first-order chi connectivity index (χ1) is 15.2. The summed E-state index contributed by atoms with van der Waals surface area (Å²) < 4.78 is 23.8. The second-order valence-corrected chi connectivity index (χ2v) is 9.94. The van der Waals surface area contributed by atoms with Gasteiger partial charge in [0.25, 0.3) is 5.91 Å². The van der Waals surface area contributed by atoms with Gasteiger partial charge in [0.1, 0.15) is 4.90 Å². The minimum absolute atomic E-state index is 0.0169. The molecule has 1 amide bonds. The number of nitrogens with two attached hydrogens (primary N) is 1. The van der Waals surface area contributed by atoms with E-state index in [0.29, 0.717) is 48.1 Å². The van der Waals surface area contributed by atoms with Crippen LogP contribution in [0.25, 0.3) is 22.2 Å². The van der Waals surface area contributed by atoms with Crippen molar-refractivity contribution in [3.8, 4) is 11.3 Å². The molecule has 32 heavy (non-hydrogen) atoms. The number of rotatable bonds is 5. The molecule has 168 valence electrons. The lowest BCUT2D eigenvalue weighted by Gasteiger charge is -2.38. The Morgan fingerprint density at radius 3 is 2.41 bits per heavy atom. The molecule has 0 spiro atoms. The molecule has 0 atom stereocenters. The summed E-state index contributed by atoms with van der Waals surface area (Å²) in [5.41, 5.74) is 1.59. The zero-order chi connectivity index (χ0) is 22.9. The van der Waals surface area contributed by atoms with Crippen LogP contribution in [0.15, 0.2) is 59.5 Å². The van der Waals surface area contributed by atoms with E-state index in [1.807, 2.05) is 6.07 Å². The normalized spacial score (nSPS) is 16.3. The van der Waals surface area contributed by atoms with Crippen molar-refractivity contribution in [2.75, 3.05) is 13.1 Å². The maximum atomic E-state index is 12.9. The van der Waals surface area contributed by atoms with Gasteiger partial charge in [0, 0.05) is 29.6 Å². The predicted molar refractivity (Wildman–Crippen MR) is 124 cm³/mol. The lowest BCUT2D eigenvalue weighted by atomic mass is 9.87. The second kappa shape index (κ2) is 8.61. The molecule has 0 radical (unpaired) electrons. The molecule has 2 aromatic carbocycles. The van der Waals surface area contributed by atoms with Gasteiger partial charge in [0.15, 0.2) is 0 Å². The van der Waals surface area contributed by atoms with E-state index in [0.717, 1.165) is 18.4 Å². The van der Waals surface area contributed by atoms with E-state index < -0.39 is 15.6 Å². The Balaban J connectivity index is 1.55. The summed E-state index contributed by atoms with van der Waals surface area (Å²) in [5.74, 6) is -0.0573. The fourth-order valence-corrected chi connectivity index (χ4v) is 5.02. The van der Waals surface area contributed by atoms with E-state index in [1.54, 1.807) is 47.4 Å². The number of nitrogens with zero attached hydrogens (tertiary/aromatic N) is 2. The monoisotopic (exact) mass is 453 g/mol. The number of benzene rings is 2. The largest absolute Gasteiger partial charge is 0.390 e. The summed E-state index contributed by atoms with van der Waals surface area (Å²) >= 11 is 0. The molecule has 0 unspecified atom stereocenters. The first-order valence-corrected chi connectivity index (χ1v) is 12.3.